The molecule has 0 radical (unpaired) electrons. The molecule has 0 saturated carbocycles. The summed E-state index contributed by atoms with van der Waals surface area (Å²) in [7, 11) is 0. The molecule has 1 aromatic carbocycles. The van der Waals surface area contributed by atoms with E-state index in [4.69, 9.17) is 15.6 Å². The molecule has 4 N–H and O–H groups in total. The Morgan fingerprint density at radius 1 is 1.31 bits per heavy atom. The average Bonchev–Trinajstić information content (AvgIpc) is 2.69. The standard InChI is InChI=1S/C19H21F3N6O/c1-3-16(23)28-17(24)6-11(2)18(27-28)29-15-7-13(19(20,21)22)4-5-14(15)12-8-25-10-26-9-12/h4-8,23-26H,3,9-10H2,1-2H3. The number of rotatable bonds is 4. The van der Waals surface area contributed by atoms with Crippen molar-refractivity contribution in [3.8, 4) is 11.6 Å². The topological polar surface area (TPSA) is 98.8 Å². The summed E-state index contributed by atoms with van der Waals surface area (Å²) in [4.78, 5) is 0. The SMILES string of the molecule is CCC(=N)n1nc(Oc2cc(C(F)(F)F)ccc2C2=CNCNC2)c(C)cc1=N. The van der Waals surface area contributed by atoms with Crippen molar-refractivity contribution in [2.45, 2.75) is 26.4 Å². The first-order chi connectivity index (χ1) is 13.7. The lowest BCUT2D eigenvalue weighted by atomic mass is 10.0. The molecule has 1 aliphatic heterocycles. The number of aromatic nitrogens is 2. The van der Waals surface area contributed by atoms with Crippen molar-refractivity contribution >= 4 is 11.4 Å². The third-order valence-electron chi connectivity index (χ3n) is 4.38. The van der Waals surface area contributed by atoms with Gasteiger partial charge in [0.05, 0.1) is 12.2 Å². The molecule has 0 fully saturated rings. The van der Waals surface area contributed by atoms with Gasteiger partial charge in [0.1, 0.15) is 17.1 Å². The van der Waals surface area contributed by atoms with E-state index in [2.05, 4.69) is 15.7 Å². The van der Waals surface area contributed by atoms with E-state index < -0.39 is 11.7 Å². The summed E-state index contributed by atoms with van der Waals surface area (Å²) in [5.74, 6) is 0.115. The van der Waals surface area contributed by atoms with Gasteiger partial charge in [0.2, 0.25) is 5.88 Å². The molecule has 0 saturated heterocycles. The van der Waals surface area contributed by atoms with Crippen LogP contribution in [0.5, 0.6) is 11.6 Å². The van der Waals surface area contributed by atoms with E-state index >= 15 is 0 Å². The summed E-state index contributed by atoms with van der Waals surface area (Å²) in [5.41, 5.74) is 0.870. The fourth-order valence-corrected chi connectivity index (χ4v) is 2.83. The van der Waals surface area contributed by atoms with Crippen LogP contribution >= 0.6 is 0 Å². The molecular formula is C19H21F3N6O. The zero-order valence-corrected chi connectivity index (χ0v) is 15.9. The number of nitrogens with zero attached hydrogens (tertiary/aromatic N) is 2. The molecule has 0 unspecified atom stereocenters. The summed E-state index contributed by atoms with van der Waals surface area (Å²) in [6, 6.07) is 4.78. The van der Waals surface area contributed by atoms with E-state index in [-0.39, 0.29) is 23.0 Å². The lowest BCUT2D eigenvalue weighted by Crippen LogP contribution is -2.32. The molecule has 0 atom stereocenters. The van der Waals surface area contributed by atoms with Crippen LogP contribution < -0.4 is 20.9 Å². The summed E-state index contributed by atoms with van der Waals surface area (Å²) in [6.45, 7) is 4.42. The van der Waals surface area contributed by atoms with Crippen LogP contribution in [0.15, 0.2) is 30.5 Å². The number of aryl methyl sites for hydroxylation is 1. The van der Waals surface area contributed by atoms with Crippen LogP contribution in [-0.2, 0) is 6.18 Å². The van der Waals surface area contributed by atoms with E-state index in [9.17, 15) is 13.2 Å². The van der Waals surface area contributed by atoms with E-state index in [1.54, 1.807) is 20.0 Å². The van der Waals surface area contributed by atoms with Crippen molar-refractivity contribution in [3.05, 3.63) is 52.6 Å². The van der Waals surface area contributed by atoms with Gasteiger partial charge in [-0.15, -0.1) is 5.10 Å². The largest absolute Gasteiger partial charge is 0.437 e. The van der Waals surface area contributed by atoms with Gasteiger partial charge in [-0.25, -0.2) is 0 Å². The highest BCUT2D eigenvalue weighted by Crippen LogP contribution is 2.37. The molecule has 1 aromatic heterocycles. The van der Waals surface area contributed by atoms with Gasteiger partial charge in [0.15, 0.2) is 0 Å². The van der Waals surface area contributed by atoms with Crippen molar-refractivity contribution in [2.75, 3.05) is 13.2 Å². The predicted octanol–water partition coefficient (Wildman–Crippen LogP) is 3.21. The van der Waals surface area contributed by atoms with Crippen LogP contribution in [0.25, 0.3) is 5.57 Å². The molecule has 2 aromatic rings. The monoisotopic (exact) mass is 406 g/mol. The Bertz CT molecular complexity index is 1030. The van der Waals surface area contributed by atoms with Gasteiger partial charge in [-0.1, -0.05) is 13.0 Å². The van der Waals surface area contributed by atoms with E-state index in [1.807, 2.05) is 0 Å². The highest BCUT2D eigenvalue weighted by Gasteiger charge is 2.32. The third kappa shape index (κ3) is 4.48. The molecular weight excluding hydrogens is 385 g/mol. The second kappa shape index (κ2) is 8.08. The maximum absolute atomic E-state index is 13.3. The van der Waals surface area contributed by atoms with Crippen LogP contribution in [0.2, 0.25) is 0 Å². The third-order valence-corrected chi connectivity index (χ3v) is 4.38. The summed E-state index contributed by atoms with van der Waals surface area (Å²) in [5, 5.41) is 26.2. The number of halogens is 3. The number of hydrogen-bond acceptors (Lipinski definition) is 6. The molecule has 3 rings (SSSR count). The fourth-order valence-electron chi connectivity index (χ4n) is 2.83. The molecule has 0 spiro atoms. The average molecular weight is 406 g/mol. The van der Waals surface area contributed by atoms with Gasteiger partial charge in [-0.3, -0.25) is 16.1 Å². The molecule has 0 amide bonds. The molecule has 0 aliphatic carbocycles. The highest BCUT2D eigenvalue weighted by atomic mass is 19.4. The van der Waals surface area contributed by atoms with Crippen LogP contribution in [0.1, 0.15) is 30.0 Å². The van der Waals surface area contributed by atoms with Gasteiger partial charge in [-0.05, 0) is 30.7 Å². The van der Waals surface area contributed by atoms with Crippen LogP contribution in [0, 0.1) is 17.7 Å². The molecule has 0 bridgehead atoms. The maximum atomic E-state index is 13.3. The molecule has 7 nitrogen and oxygen atoms in total. The minimum Gasteiger partial charge on any atom is -0.437 e. The zero-order chi connectivity index (χ0) is 21.2. The van der Waals surface area contributed by atoms with E-state index in [1.165, 1.54) is 12.1 Å². The maximum Gasteiger partial charge on any atom is 0.416 e. The highest BCUT2D eigenvalue weighted by molar-refractivity contribution is 5.80. The second-order valence-corrected chi connectivity index (χ2v) is 6.52. The van der Waals surface area contributed by atoms with Crippen LogP contribution in [0.3, 0.4) is 0 Å². The summed E-state index contributed by atoms with van der Waals surface area (Å²) >= 11 is 0. The zero-order valence-electron chi connectivity index (χ0n) is 15.9. The Morgan fingerprint density at radius 3 is 2.69 bits per heavy atom. The van der Waals surface area contributed by atoms with Crippen molar-refractivity contribution < 1.29 is 17.9 Å². The van der Waals surface area contributed by atoms with Crippen molar-refractivity contribution in [3.63, 3.8) is 0 Å². The molecule has 2 heterocycles. The number of nitrogens with one attached hydrogen (secondary N) is 4. The first-order valence-corrected chi connectivity index (χ1v) is 8.96. The minimum absolute atomic E-state index is 0.000477. The first-order valence-electron chi connectivity index (χ1n) is 8.96. The van der Waals surface area contributed by atoms with E-state index in [0.29, 0.717) is 30.8 Å². The lowest BCUT2D eigenvalue weighted by molar-refractivity contribution is -0.137. The van der Waals surface area contributed by atoms with Gasteiger partial charge < -0.3 is 10.1 Å². The Labute approximate surface area is 165 Å². The number of ether oxygens (including phenoxy) is 1. The molecule has 29 heavy (non-hydrogen) atoms. The molecule has 154 valence electrons. The van der Waals surface area contributed by atoms with Crippen molar-refractivity contribution in [1.82, 2.24) is 20.4 Å². The Balaban J connectivity index is 2.10. The Kier molecular flexibility index (Phi) is 5.73. The van der Waals surface area contributed by atoms with Crippen LogP contribution in [0.4, 0.5) is 13.2 Å². The Morgan fingerprint density at radius 2 is 2.07 bits per heavy atom. The van der Waals surface area contributed by atoms with E-state index in [0.717, 1.165) is 22.4 Å². The quantitative estimate of drug-likeness (QED) is 0.463. The number of alkyl halides is 3. The van der Waals surface area contributed by atoms with Crippen molar-refractivity contribution in [2.24, 2.45) is 0 Å². The summed E-state index contributed by atoms with van der Waals surface area (Å²) in [6.07, 6.45) is -2.46. The fraction of sp³-hybridized carbons (Fsp3) is 0.316. The van der Waals surface area contributed by atoms with Crippen LogP contribution in [-0.4, -0.2) is 28.8 Å². The smallest absolute Gasteiger partial charge is 0.416 e. The second-order valence-electron chi connectivity index (χ2n) is 6.52. The summed E-state index contributed by atoms with van der Waals surface area (Å²) < 4.78 is 46.7. The first kappa shape index (κ1) is 20.6. The normalized spacial score (nSPS) is 14.2. The molecule has 10 heteroatoms. The van der Waals surface area contributed by atoms with Gasteiger partial charge in [-0.2, -0.15) is 17.9 Å². The van der Waals surface area contributed by atoms with Crippen molar-refractivity contribution in [1.29, 1.82) is 10.8 Å². The number of hydrogen-bond donors (Lipinski definition) is 4. The Hall–Kier alpha value is -3.14. The predicted molar refractivity (Wildman–Crippen MR) is 102 cm³/mol. The van der Waals surface area contributed by atoms with Gasteiger partial charge in [0.25, 0.3) is 0 Å². The van der Waals surface area contributed by atoms with Gasteiger partial charge >= 0.3 is 6.18 Å². The lowest BCUT2D eigenvalue weighted by Gasteiger charge is -2.20. The number of benzene rings is 1. The van der Waals surface area contributed by atoms with Gasteiger partial charge in [0, 0.05) is 30.3 Å². The molecule has 1 aliphatic rings. The minimum atomic E-state index is -4.52.